The highest BCUT2D eigenvalue weighted by Crippen LogP contribution is 2.42. The van der Waals surface area contributed by atoms with Gasteiger partial charge in [0.15, 0.2) is 0 Å². The molecule has 0 saturated heterocycles. The average Bonchev–Trinajstić information content (AvgIpc) is 3.84. The number of nitrogens with zero attached hydrogens (tertiary/aromatic N) is 4. The predicted octanol–water partition coefficient (Wildman–Crippen LogP) is 12.0. The van der Waals surface area contributed by atoms with Crippen molar-refractivity contribution >= 4 is 65.4 Å². The van der Waals surface area contributed by atoms with Gasteiger partial charge in [-0.1, -0.05) is 109 Å². The first-order chi connectivity index (χ1) is 25.3. The number of benzene rings is 7. The summed E-state index contributed by atoms with van der Waals surface area (Å²) in [5.74, 6) is 0.898. The van der Waals surface area contributed by atoms with E-state index in [4.69, 9.17) is 4.98 Å². The molecule has 0 N–H and O–H groups in total. The van der Waals surface area contributed by atoms with Gasteiger partial charge in [0.2, 0.25) is 0 Å². The normalized spacial score (nSPS) is 11.9. The minimum Gasteiger partial charge on any atom is -0.309 e. The van der Waals surface area contributed by atoms with Crippen LogP contribution < -0.4 is 0 Å². The van der Waals surface area contributed by atoms with E-state index < -0.39 is 0 Å². The van der Waals surface area contributed by atoms with Crippen molar-refractivity contribution in [3.8, 4) is 28.5 Å². The fraction of sp³-hybridized carbons (Fsp3) is 0. The van der Waals surface area contributed by atoms with Gasteiger partial charge in [-0.3, -0.25) is 4.57 Å². The number of hydrogen-bond acceptors (Lipinski definition) is 1. The monoisotopic (exact) mass is 650 g/mol. The van der Waals surface area contributed by atoms with E-state index in [2.05, 4.69) is 196 Å². The van der Waals surface area contributed by atoms with Crippen molar-refractivity contribution in [1.82, 2.24) is 18.7 Å². The molecule has 0 atom stereocenters. The Morgan fingerprint density at radius 3 is 1.57 bits per heavy atom. The lowest BCUT2D eigenvalue weighted by molar-refractivity contribution is 1.09. The third kappa shape index (κ3) is 4.05. The standard InChI is InChI=1S/C47H30N4/c1-3-14-32(15-4-1)49-40-22-10-8-19-35(40)38-30-31(26-28-43(38)49)39-21-13-25-45(48-39)51-41-23-11-7-18-34(41)36-27-29-44-46(47(36)51)37-20-9-12-24-42(37)50(44)33-16-5-2-6-17-33/h1-30H. The minimum atomic E-state index is 0.898. The molecule has 0 radical (unpaired) electrons. The zero-order chi connectivity index (χ0) is 33.5. The van der Waals surface area contributed by atoms with Gasteiger partial charge in [0.05, 0.1) is 38.8 Å². The molecule has 0 aliphatic carbocycles. The van der Waals surface area contributed by atoms with Crippen LogP contribution in [0.3, 0.4) is 0 Å². The fourth-order valence-electron chi connectivity index (χ4n) is 8.30. The molecule has 4 heterocycles. The smallest absolute Gasteiger partial charge is 0.138 e. The molecule has 7 aromatic carbocycles. The van der Waals surface area contributed by atoms with E-state index in [1.807, 2.05) is 0 Å². The maximum Gasteiger partial charge on any atom is 0.138 e. The molecule has 4 aromatic heterocycles. The summed E-state index contributed by atoms with van der Waals surface area (Å²) >= 11 is 0. The second-order valence-corrected chi connectivity index (χ2v) is 13.2. The Labute approximate surface area is 293 Å². The van der Waals surface area contributed by atoms with Crippen molar-refractivity contribution in [2.45, 2.75) is 0 Å². The van der Waals surface area contributed by atoms with E-state index in [9.17, 15) is 0 Å². The molecule has 0 aliphatic rings. The maximum absolute atomic E-state index is 5.44. The summed E-state index contributed by atoms with van der Waals surface area (Å²) in [6.45, 7) is 0. The third-order valence-corrected chi connectivity index (χ3v) is 10.4. The second-order valence-electron chi connectivity index (χ2n) is 13.2. The molecule has 0 unspecified atom stereocenters. The summed E-state index contributed by atoms with van der Waals surface area (Å²) in [7, 11) is 0. The lowest BCUT2D eigenvalue weighted by atomic mass is 10.1. The van der Waals surface area contributed by atoms with Crippen LogP contribution in [0.15, 0.2) is 182 Å². The average molecular weight is 651 g/mol. The molecule has 238 valence electrons. The number of rotatable bonds is 4. The summed E-state index contributed by atoms with van der Waals surface area (Å²) in [5.41, 5.74) is 11.4. The van der Waals surface area contributed by atoms with E-state index in [1.165, 1.54) is 59.9 Å². The zero-order valence-corrected chi connectivity index (χ0v) is 27.6. The summed E-state index contributed by atoms with van der Waals surface area (Å²) in [6, 6.07) is 65.2. The van der Waals surface area contributed by atoms with Gasteiger partial charge in [0.25, 0.3) is 0 Å². The van der Waals surface area contributed by atoms with E-state index >= 15 is 0 Å². The number of aromatic nitrogens is 4. The topological polar surface area (TPSA) is 27.7 Å². The van der Waals surface area contributed by atoms with E-state index in [0.717, 1.165) is 34.0 Å². The predicted molar refractivity (Wildman–Crippen MR) is 213 cm³/mol. The molecule has 0 saturated carbocycles. The first-order valence-electron chi connectivity index (χ1n) is 17.4. The summed E-state index contributed by atoms with van der Waals surface area (Å²) in [6.07, 6.45) is 0. The molecule has 0 aliphatic heterocycles. The van der Waals surface area contributed by atoms with Crippen LogP contribution in [0.4, 0.5) is 0 Å². The van der Waals surface area contributed by atoms with Gasteiger partial charge >= 0.3 is 0 Å². The lowest BCUT2D eigenvalue weighted by Gasteiger charge is -2.11. The highest BCUT2D eigenvalue weighted by Gasteiger charge is 2.21. The Kier molecular flexibility index (Phi) is 5.92. The molecular formula is C47H30N4. The summed E-state index contributed by atoms with van der Waals surface area (Å²) < 4.78 is 7.11. The number of para-hydroxylation sites is 5. The van der Waals surface area contributed by atoms with Crippen LogP contribution in [-0.2, 0) is 0 Å². The van der Waals surface area contributed by atoms with Gasteiger partial charge in [-0.2, -0.15) is 0 Å². The molecule has 51 heavy (non-hydrogen) atoms. The second kappa shape index (κ2) is 10.8. The minimum absolute atomic E-state index is 0.898. The molecule has 0 bridgehead atoms. The van der Waals surface area contributed by atoms with Crippen LogP contribution in [0.5, 0.6) is 0 Å². The number of pyridine rings is 1. The molecule has 0 fully saturated rings. The molecular weight excluding hydrogens is 621 g/mol. The first-order valence-corrected chi connectivity index (χ1v) is 17.4. The van der Waals surface area contributed by atoms with Crippen LogP contribution in [0.2, 0.25) is 0 Å². The SMILES string of the molecule is c1ccc(-n2c3ccccc3c3cc(-c4cccc(-n5c6ccccc6c6ccc7c(c8ccccc8n7-c7ccccc7)c65)n4)ccc32)cc1. The molecule has 11 aromatic rings. The maximum atomic E-state index is 5.44. The van der Waals surface area contributed by atoms with Crippen molar-refractivity contribution in [3.63, 3.8) is 0 Å². The lowest BCUT2D eigenvalue weighted by Crippen LogP contribution is -1.99. The van der Waals surface area contributed by atoms with Crippen LogP contribution in [0.25, 0.3) is 93.9 Å². The van der Waals surface area contributed by atoms with Gasteiger partial charge in [0, 0.05) is 49.3 Å². The Balaban J connectivity index is 1.17. The van der Waals surface area contributed by atoms with Crippen molar-refractivity contribution in [1.29, 1.82) is 0 Å². The van der Waals surface area contributed by atoms with Crippen LogP contribution >= 0.6 is 0 Å². The van der Waals surface area contributed by atoms with Gasteiger partial charge in [-0.05, 0) is 72.8 Å². The quantitative estimate of drug-likeness (QED) is 0.186. The van der Waals surface area contributed by atoms with Crippen LogP contribution in [0, 0.1) is 0 Å². The van der Waals surface area contributed by atoms with Gasteiger partial charge < -0.3 is 9.13 Å². The largest absolute Gasteiger partial charge is 0.309 e. The van der Waals surface area contributed by atoms with Gasteiger partial charge in [-0.15, -0.1) is 0 Å². The Bertz CT molecular complexity index is 3130. The van der Waals surface area contributed by atoms with E-state index in [-0.39, 0.29) is 0 Å². The van der Waals surface area contributed by atoms with Crippen molar-refractivity contribution < 1.29 is 0 Å². The molecule has 11 rings (SSSR count). The van der Waals surface area contributed by atoms with Crippen molar-refractivity contribution in [2.24, 2.45) is 0 Å². The van der Waals surface area contributed by atoms with Crippen LogP contribution in [0.1, 0.15) is 0 Å². The number of fused-ring (bicyclic) bond motifs is 10. The number of hydrogen-bond donors (Lipinski definition) is 0. The summed E-state index contributed by atoms with van der Waals surface area (Å²) in [4.78, 5) is 5.44. The van der Waals surface area contributed by atoms with E-state index in [1.54, 1.807) is 0 Å². The first kappa shape index (κ1) is 28.0. The van der Waals surface area contributed by atoms with Crippen LogP contribution in [-0.4, -0.2) is 18.7 Å². The summed E-state index contributed by atoms with van der Waals surface area (Å²) in [5, 5.41) is 7.33. The molecule has 4 heteroatoms. The fourth-order valence-corrected chi connectivity index (χ4v) is 8.30. The third-order valence-electron chi connectivity index (χ3n) is 10.4. The highest BCUT2D eigenvalue weighted by molar-refractivity contribution is 6.26. The Morgan fingerprint density at radius 1 is 0.333 bits per heavy atom. The van der Waals surface area contributed by atoms with Gasteiger partial charge in [-0.25, -0.2) is 4.98 Å². The molecule has 4 nitrogen and oxygen atoms in total. The highest BCUT2D eigenvalue weighted by atomic mass is 15.1. The van der Waals surface area contributed by atoms with Gasteiger partial charge in [0.1, 0.15) is 5.82 Å². The Hall–Kier alpha value is -6.91. The molecule has 0 amide bonds. The van der Waals surface area contributed by atoms with Crippen molar-refractivity contribution in [3.05, 3.63) is 182 Å². The van der Waals surface area contributed by atoms with E-state index in [0.29, 0.717) is 0 Å². The zero-order valence-electron chi connectivity index (χ0n) is 27.6. The van der Waals surface area contributed by atoms with Crippen molar-refractivity contribution in [2.75, 3.05) is 0 Å². The molecule has 0 spiro atoms. The Morgan fingerprint density at radius 2 is 0.863 bits per heavy atom.